The summed E-state index contributed by atoms with van der Waals surface area (Å²) in [5.74, 6) is -2.50. The van der Waals surface area contributed by atoms with Crippen molar-refractivity contribution in [2.45, 2.75) is 6.92 Å². The van der Waals surface area contributed by atoms with E-state index >= 15 is 0 Å². The molecule has 0 spiro atoms. The van der Waals surface area contributed by atoms with Gasteiger partial charge in [0.25, 0.3) is 0 Å². The highest BCUT2D eigenvalue weighted by atomic mass is 32.2. The Labute approximate surface area is 110 Å². The van der Waals surface area contributed by atoms with E-state index in [1.165, 1.54) is 6.92 Å². The van der Waals surface area contributed by atoms with Crippen LogP contribution in [0.1, 0.15) is 6.92 Å². The second kappa shape index (κ2) is 5.96. The number of nitrogens with one attached hydrogen (secondary N) is 1. The van der Waals surface area contributed by atoms with Gasteiger partial charge in [-0.25, -0.2) is 17.2 Å². The Kier molecular flexibility index (Phi) is 4.82. The van der Waals surface area contributed by atoms with E-state index in [9.17, 15) is 22.0 Å². The number of hydrogen-bond donors (Lipinski definition) is 1. The number of nitrogens with zero attached hydrogens (tertiary/aromatic N) is 1. The average Bonchev–Trinajstić information content (AvgIpc) is 2.26. The summed E-state index contributed by atoms with van der Waals surface area (Å²) in [6.07, 6.45) is 0.946. The van der Waals surface area contributed by atoms with Gasteiger partial charge in [-0.15, -0.1) is 0 Å². The fraction of sp³-hybridized carbons (Fsp3) is 0.364. The van der Waals surface area contributed by atoms with E-state index in [1.807, 2.05) is 0 Å². The lowest BCUT2D eigenvalue weighted by atomic mass is 10.3. The van der Waals surface area contributed by atoms with Gasteiger partial charge in [0.15, 0.2) is 11.6 Å². The minimum Gasteiger partial charge on any atom is -0.355 e. The molecule has 0 aromatic heterocycles. The lowest BCUT2D eigenvalue weighted by Crippen LogP contribution is -2.37. The largest absolute Gasteiger partial charge is 0.355 e. The molecule has 0 fully saturated rings. The van der Waals surface area contributed by atoms with Crippen LogP contribution in [0.25, 0.3) is 0 Å². The van der Waals surface area contributed by atoms with Crippen LogP contribution in [0.15, 0.2) is 18.2 Å². The van der Waals surface area contributed by atoms with E-state index in [-0.39, 0.29) is 24.7 Å². The lowest BCUT2D eigenvalue weighted by molar-refractivity contribution is -0.118. The predicted octanol–water partition coefficient (Wildman–Crippen LogP) is 0.867. The van der Waals surface area contributed by atoms with Crippen molar-refractivity contribution < 1.29 is 22.0 Å². The van der Waals surface area contributed by atoms with Gasteiger partial charge in [0.1, 0.15) is 0 Å². The maximum absolute atomic E-state index is 13.1. The Hall–Kier alpha value is -1.70. The van der Waals surface area contributed by atoms with Gasteiger partial charge in [0.05, 0.1) is 18.5 Å². The van der Waals surface area contributed by atoms with E-state index in [0.717, 1.165) is 28.8 Å². The molecule has 0 unspecified atom stereocenters. The molecule has 0 atom stereocenters. The number of rotatable bonds is 5. The lowest BCUT2D eigenvalue weighted by Gasteiger charge is -2.22. The Morgan fingerprint density at radius 3 is 2.42 bits per heavy atom. The predicted molar refractivity (Wildman–Crippen MR) is 67.2 cm³/mol. The summed E-state index contributed by atoms with van der Waals surface area (Å²) in [7, 11) is -3.65. The van der Waals surface area contributed by atoms with E-state index in [2.05, 4.69) is 5.32 Å². The van der Waals surface area contributed by atoms with Crippen molar-refractivity contribution >= 4 is 21.6 Å². The third-order valence-electron chi connectivity index (χ3n) is 2.28. The number of benzene rings is 1. The standard InChI is InChI=1S/C11H14F2N2O3S/c1-8(16)14-5-6-15(19(2,17)18)9-3-4-10(12)11(13)7-9/h3-4,7H,5-6H2,1-2H3,(H,14,16). The third kappa shape index (κ3) is 4.47. The number of anilines is 1. The first-order chi connectivity index (χ1) is 8.71. The van der Waals surface area contributed by atoms with Crippen LogP contribution in [0.5, 0.6) is 0 Å². The maximum Gasteiger partial charge on any atom is 0.232 e. The molecule has 0 aliphatic heterocycles. The van der Waals surface area contributed by atoms with E-state index in [0.29, 0.717) is 0 Å². The molecule has 1 N–H and O–H groups in total. The van der Waals surface area contributed by atoms with Crippen molar-refractivity contribution in [3.05, 3.63) is 29.8 Å². The fourth-order valence-electron chi connectivity index (χ4n) is 1.46. The van der Waals surface area contributed by atoms with Crippen molar-refractivity contribution in [1.29, 1.82) is 0 Å². The number of halogens is 2. The third-order valence-corrected chi connectivity index (χ3v) is 3.47. The molecule has 1 aromatic rings. The Balaban J connectivity index is 2.97. The SMILES string of the molecule is CC(=O)NCCN(c1ccc(F)c(F)c1)S(C)(=O)=O. The molecule has 5 nitrogen and oxygen atoms in total. The number of hydrogen-bond acceptors (Lipinski definition) is 3. The second-order valence-corrected chi connectivity index (χ2v) is 5.82. The van der Waals surface area contributed by atoms with E-state index in [1.54, 1.807) is 0 Å². The zero-order chi connectivity index (χ0) is 14.6. The summed E-state index contributed by atoms with van der Waals surface area (Å²) < 4.78 is 50.0. The van der Waals surface area contributed by atoms with Crippen LogP contribution in [0.2, 0.25) is 0 Å². The number of carbonyl (C=O) groups is 1. The molecule has 1 aromatic carbocycles. The summed E-state index contributed by atoms with van der Waals surface area (Å²) in [5, 5.41) is 2.43. The number of amides is 1. The smallest absolute Gasteiger partial charge is 0.232 e. The molecule has 0 saturated heterocycles. The van der Waals surface area contributed by atoms with Crippen LogP contribution < -0.4 is 9.62 Å². The molecular formula is C11H14F2N2O3S. The van der Waals surface area contributed by atoms with Crippen molar-refractivity contribution in [1.82, 2.24) is 5.32 Å². The van der Waals surface area contributed by atoms with Gasteiger partial charge in [-0.2, -0.15) is 0 Å². The monoisotopic (exact) mass is 292 g/mol. The second-order valence-electron chi connectivity index (χ2n) is 3.92. The highest BCUT2D eigenvalue weighted by Crippen LogP contribution is 2.19. The van der Waals surface area contributed by atoms with E-state index < -0.39 is 21.7 Å². The molecule has 0 aliphatic rings. The zero-order valence-electron chi connectivity index (χ0n) is 10.5. The van der Waals surface area contributed by atoms with Crippen molar-refractivity contribution in [2.75, 3.05) is 23.7 Å². The van der Waals surface area contributed by atoms with Crippen LogP contribution in [0.3, 0.4) is 0 Å². The molecule has 1 amide bonds. The van der Waals surface area contributed by atoms with Crippen LogP contribution in [0.4, 0.5) is 14.5 Å². The molecule has 0 bridgehead atoms. The molecule has 19 heavy (non-hydrogen) atoms. The number of carbonyl (C=O) groups excluding carboxylic acids is 1. The Bertz CT molecular complexity index is 575. The summed E-state index contributed by atoms with van der Waals surface area (Å²) >= 11 is 0. The molecule has 1 rings (SSSR count). The van der Waals surface area contributed by atoms with Gasteiger partial charge in [-0.1, -0.05) is 0 Å². The van der Waals surface area contributed by atoms with Crippen molar-refractivity contribution in [3.63, 3.8) is 0 Å². The minimum absolute atomic E-state index is 0.00625. The molecule has 0 radical (unpaired) electrons. The quantitative estimate of drug-likeness (QED) is 0.875. The van der Waals surface area contributed by atoms with Gasteiger partial charge in [0, 0.05) is 19.5 Å². The molecule has 0 aliphatic carbocycles. The van der Waals surface area contributed by atoms with Gasteiger partial charge >= 0.3 is 0 Å². The first-order valence-corrected chi connectivity index (χ1v) is 7.24. The highest BCUT2D eigenvalue weighted by Gasteiger charge is 2.18. The highest BCUT2D eigenvalue weighted by molar-refractivity contribution is 7.92. The summed E-state index contributed by atoms with van der Waals surface area (Å²) in [6.45, 7) is 1.30. The first-order valence-electron chi connectivity index (χ1n) is 5.39. The summed E-state index contributed by atoms with van der Waals surface area (Å²) in [4.78, 5) is 10.7. The maximum atomic E-state index is 13.1. The minimum atomic E-state index is -3.65. The van der Waals surface area contributed by atoms with Gasteiger partial charge in [-0.3, -0.25) is 9.10 Å². The van der Waals surface area contributed by atoms with Gasteiger partial charge in [-0.05, 0) is 12.1 Å². The Morgan fingerprint density at radius 2 is 1.95 bits per heavy atom. The average molecular weight is 292 g/mol. The first kappa shape index (κ1) is 15.4. The Morgan fingerprint density at radius 1 is 1.32 bits per heavy atom. The van der Waals surface area contributed by atoms with Gasteiger partial charge in [0.2, 0.25) is 15.9 Å². The molecule has 8 heteroatoms. The van der Waals surface area contributed by atoms with Crippen molar-refractivity contribution in [2.24, 2.45) is 0 Å². The van der Waals surface area contributed by atoms with Crippen molar-refractivity contribution in [3.8, 4) is 0 Å². The van der Waals surface area contributed by atoms with Crippen LogP contribution >= 0.6 is 0 Å². The van der Waals surface area contributed by atoms with Crippen LogP contribution in [0, 0.1) is 11.6 Å². The molecule has 0 heterocycles. The molecular weight excluding hydrogens is 278 g/mol. The summed E-state index contributed by atoms with van der Waals surface area (Å²) in [5.41, 5.74) is 0.00625. The normalized spacial score (nSPS) is 11.2. The van der Waals surface area contributed by atoms with Crippen LogP contribution in [-0.2, 0) is 14.8 Å². The van der Waals surface area contributed by atoms with Gasteiger partial charge < -0.3 is 5.32 Å². The topological polar surface area (TPSA) is 66.5 Å². The van der Waals surface area contributed by atoms with E-state index in [4.69, 9.17) is 0 Å². The van der Waals surface area contributed by atoms with Crippen LogP contribution in [-0.4, -0.2) is 33.7 Å². The molecule has 0 saturated carbocycles. The zero-order valence-corrected chi connectivity index (χ0v) is 11.3. The number of sulfonamides is 1. The molecule has 106 valence electrons. The summed E-state index contributed by atoms with van der Waals surface area (Å²) in [6, 6.07) is 2.80. The fourth-order valence-corrected chi connectivity index (χ4v) is 2.38.